The number of furan rings is 1. The molecule has 0 radical (unpaired) electrons. The fourth-order valence-corrected chi connectivity index (χ4v) is 1.91. The maximum absolute atomic E-state index is 12.0. The van der Waals surface area contributed by atoms with E-state index in [0.29, 0.717) is 5.56 Å². The van der Waals surface area contributed by atoms with Crippen LogP contribution < -0.4 is 5.32 Å². The van der Waals surface area contributed by atoms with Gasteiger partial charge in [-0.3, -0.25) is 25.0 Å². The number of amides is 2. The first kappa shape index (κ1) is 16.9. The molecular formula is C15H12N2O7. The Kier molecular flexibility index (Phi) is 5.05. The molecule has 1 aromatic carbocycles. The summed E-state index contributed by atoms with van der Waals surface area (Å²) in [7, 11) is 0. The highest BCUT2D eigenvalue weighted by Gasteiger charge is 2.24. The van der Waals surface area contributed by atoms with Crippen LogP contribution in [0.25, 0.3) is 0 Å². The lowest BCUT2D eigenvalue weighted by molar-refractivity contribution is -0.385. The highest BCUT2D eigenvalue weighted by Crippen LogP contribution is 2.22. The standard InChI is InChI=1S/C15H12N2O7/c1-9-4-2-5-10(17(21)22)13(9)15(20)24-8-12(18)16-14(19)11-6-3-7-23-11/h2-7H,8H2,1H3,(H,16,18,19). The Morgan fingerprint density at radius 1 is 1.25 bits per heavy atom. The first-order valence-corrected chi connectivity index (χ1v) is 6.69. The van der Waals surface area contributed by atoms with Crippen LogP contribution in [0.15, 0.2) is 41.0 Å². The number of carbonyl (C=O) groups excluding carboxylic acids is 3. The van der Waals surface area contributed by atoms with Crippen LogP contribution in [0.5, 0.6) is 0 Å². The van der Waals surface area contributed by atoms with E-state index in [-0.39, 0.29) is 11.3 Å². The predicted molar refractivity (Wildman–Crippen MR) is 79.3 cm³/mol. The van der Waals surface area contributed by atoms with Crippen LogP contribution in [-0.4, -0.2) is 29.3 Å². The van der Waals surface area contributed by atoms with Gasteiger partial charge in [-0.25, -0.2) is 4.79 Å². The molecule has 1 heterocycles. The number of esters is 1. The summed E-state index contributed by atoms with van der Waals surface area (Å²) in [5.74, 6) is -2.78. The van der Waals surface area contributed by atoms with E-state index in [1.54, 1.807) is 0 Å². The molecule has 0 atom stereocenters. The minimum absolute atomic E-state index is 0.0794. The second-order valence-electron chi connectivity index (χ2n) is 4.66. The van der Waals surface area contributed by atoms with Gasteiger partial charge in [0.05, 0.1) is 11.2 Å². The zero-order chi connectivity index (χ0) is 17.7. The van der Waals surface area contributed by atoms with Gasteiger partial charge in [0, 0.05) is 6.07 Å². The van der Waals surface area contributed by atoms with Gasteiger partial charge in [-0.05, 0) is 24.6 Å². The first-order valence-electron chi connectivity index (χ1n) is 6.69. The third kappa shape index (κ3) is 3.83. The smallest absolute Gasteiger partial charge is 0.345 e. The number of carbonyl (C=O) groups is 3. The average Bonchev–Trinajstić information content (AvgIpc) is 3.06. The Bertz CT molecular complexity index is 796. The van der Waals surface area contributed by atoms with Crippen molar-refractivity contribution in [3.63, 3.8) is 0 Å². The molecule has 0 saturated carbocycles. The first-order chi connectivity index (χ1) is 11.4. The van der Waals surface area contributed by atoms with Gasteiger partial charge in [0.15, 0.2) is 12.4 Å². The van der Waals surface area contributed by atoms with Gasteiger partial charge < -0.3 is 9.15 Å². The molecule has 2 rings (SSSR count). The number of nitrogens with one attached hydrogen (secondary N) is 1. The van der Waals surface area contributed by atoms with Crippen molar-refractivity contribution in [1.29, 1.82) is 0 Å². The fourth-order valence-electron chi connectivity index (χ4n) is 1.91. The monoisotopic (exact) mass is 332 g/mol. The summed E-state index contributed by atoms with van der Waals surface area (Å²) in [5.41, 5.74) is -0.332. The number of hydrogen-bond donors (Lipinski definition) is 1. The molecular weight excluding hydrogens is 320 g/mol. The lowest BCUT2D eigenvalue weighted by atomic mass is 10.1. The molecule has 9 nitrogen and oxygen atoms in total. The molecule has 0 saturated heterocycles. The van der Waals surface area contributed by atoms with Crippen LogP contribution >= 0.6 is 0 Å². The van der Waals surface area contributed by atoms with Crippen LogP contribution in [0, 0.1) is 17.0 Å². The summed E-state index contributed by atoms with van der Waals surface area (Å²) < 4.78 is 9.54. The zero-order valence-corrected chi connectivity index (χ0v) is 12.5. The van der Waals surface area contributed by atoms with Crippen molar-refractivity contribution in [2.24, 2.45) is 0 Å². The van der Waals surface area contributed by atoms with Gasteiger partial charge in [-0.1, -0.05) is 12.1 Å². The molecule has 2 amide bonds. The highest BCUT2D eigenvalue weighted by molar-refractivity contribution is 6.04. The number of nitro groups is 1. The molecule has 2 aromatic rings. The number of nitrogens with zero attached hydrogens (tertiary/aromatic N) is 1. The van der Waals surface area contributed by atoms with Gasteiger partial charge >= 0.3 is 5.97 Å². The van der Waals surface area contributed by atoms with E-state index >= 15 is 0 Å². The minimum Gasteiger partial charge on any atom is -0.459 e. The maximum Gasteiger partial charge on any atom is 0.345 e. The average molecular weight is 332 g/mol. The van der Waals surface area contributed by atoms with Crippen LogP contribution in [0.3, 0.4) is 0 Å². The Morgan fingerprint density at radius 2 is 2.00 bits per heavy atom. The third-order valence-corrected chi connectivity index (χ3v) is 2.98. The van der Waals surface area contributed by atoms with Gasteiger partial charge in [-0.15, -0.1) is 0 Å². The van der Waals surface area contributed by atoms with Crippen LogP contribution in [-0.2, 0) is 9.53 Å². The number of aryl methyl sites for hydroxylation is 1. The topological polar surface area (TPSA) is 129 Å². The van der Waals surface area contributed by atoms with Crippen LogP contribution in [0.2, 0.25) is 0 Å². The molecule has 1 N–H and O–H groups in total. The summed E-state index contributed by atoms with van der Waals surface area (Å²) in [6.45, 7) is 0.737. The minimum atomic E-state index is -1.03. The molecule has 0 spiro atoms. The Labute approximate surface area is 135 Å². The molecule has 124 valence electrons. The van der Waals surface area contributed by atoms with E-state index in [1.165, 1.54) is 37.5 Å². The number of rotatable bonds is 5. The molecule has 1 aromatic heterocycles. The van der Waals surface area contributed by atoms with Gasteiger partial charge in [0.1, 0.15) is 5.56 Å². The van der Waals surface area contributed by atoms with E-state index in [0.717, 1.165) is 6.07 Å². The zero-order valence-electron chi connectivity index (χ0n) is 12.5. The van der Waals surface area contributed by atoms with Crippen molar-refractivity contribution in [2.75, 3.05) is 6.61 Å². The third-order valence-electron chi connectivity index (χ3n) is 2.98. The van der Waals surface area contributed by atoms with Crippen molar-refractivity contribution in [3.05, 3.63) is 63.6 Å². The van der Waals surface area contributed by atoms with E-state index in [2.05, 4.69) is 0 Å². The molecule has 9 heteroatoms. The number of nitro benzene ring substituents is 1. The Balaban J connectivity index is 2.00. The van der Waals surface area contributed by atoms with E-state index < -0.39 is 35.0 Å². The summed E-state index contributed by atoms with van der Waals surface area (Å²) in [6, 6.07) is 6.91. The maximum atomic E-state index is 12.0. The summed E-state index contributed by atoms with van der Waals surface area (Å²) in [6.07, 6.45) is 1.26. The van der Waals surface area contributed by atoms with Gasteiger partial charge in [0.2, 0.25) is 0 Å². The van der Waals surface area contributed by atoms with Crippen molar-refractivity contribution in [3.8, 4) is 0 Å². The number of benzene rings is 1. The van der Waals surface area contributed by atoms with Gasteiger partial charge in [0.25, 0.3) is 17.5 Å². The van der Waals surface area contributed by atoms with E-state index in [4.69, 9.17) is 9.15 Å². The molecule has 0 aliphatic rings. The van der Waals surface area contributed by atoms with E-state index in [9.17, 15) is 24.5 Å². The molecule has 0 bridgehead atoms. The lowest BCUT2D eigenvalue weighted by Gasteiger charge is -2.07. The van der Waals surface area contributed by atoms with Crippen LogP contribution in [0.4, 0.5) is 5.69 Å². The van der Waals surface area contributed by atoms with Crippen molar-refractivity contribution < 1.29 is 28.5 Å². The van der Waals surface area contributed by atoms with Crippen molar-refractivity contribution >= 4 is 23.5 Å². The summed E-state index contributed by atoms with van der Waals surface area (Å²) in [4.78, 5) is 45.4. The van der Waals surface area contributed by atoms with Crippen LogP contribution in [0.1, 0.15) is 26.5 Å². The van der Waals surface area contributed by atoms with E-state index in [1.807, 2.05) is 5.32 Å². The van der Waals surface area contributed by atoms with Crippen molar-refractivity contribution in [2.45, 2.75) is 6.92 Å². The summed E-state index contributed by atoms with van der Waals surface area (Å²) >= 11 is 0. The second-order valence-corrected chi connectivity index (χ2v) is 4.66. The number of hydrogen-bond acceptors (Lipinski definition) is 7. The molecule has 0 aliphatic heterocycles. The molecule has 0 unspecified atom stereocenters. The molecule has 24 heavy (non-hydrogen) atoms. The lowest BCUT2D eigenvalue weighted by Crippen LogP contribution is -2.34. The molecule has 0 aliphatic carbocycles. The van der Waals surface area contributed by atoms with Gasteiger partial charge in [-0.2, -0.15) is 0 Å². The normalized spacial score (nSPS) is 10.0. The fraction of sp³-hybridized carbons (Fsp3) is 0.133. The SMILES string of the molecule is Cc1cccc([N+](=O)[O-])c1C(=O)OCC(=O)NC(=O)c1ccco1. The Hall–Kier alpha value is -3.49. The number of imide groups is 1. The molecule has 0 fully saturated rings. The van der Waals surface area contributed by atoms with Crippen molar-refractivity contribution in [1.82, 2.24) is 5.32 Å². The largest absolute Gasteiger partial charge is 0.459 e. The number of ether oxygens (including phenoxy) is 1. The Morgan fingerprint density at radius 3 is 2.62 bits per heavy atom. The highest BCUT2D eigenvalue weighted by atomic mass is 16.6. The quantitative estimate of drug-likeness (QED) is 0.500. The predicted octanol–water partition coefficient (Wildman–Crippen LogP) is 1.61. The summed E-state index contributed by atoms with van der Waals surface area (Å²) in [5, 5.41) is 12.9. The second kappa shape index (κ2) is 7.18.